The monoisotopic (exact) mass is 336 g/mol. The summed E-state index contributed by atoms with van der Waals surface area (Å²) in [5.41, 5.74) is 1.33. The molecule has 0 atom stereocenters. The number of carbonyl (C=O) groups is 3. The number of hydroxylamine groups is 2. The van der Waals surface area contributed by atoms with Gasteiger partial charge in [-0.05, 0) is 18.2 Å². The van der Waals surface area contributed by atoms with E-state index >= 15 is 0 Å². The van der Waals surface area contributed by atoms with Crippen LogP contribution in [0.25, 0.3) is 11.2 Å². The van der Waals surface area contributed by atoms with Gasteiger partial charge in [-0.3, -0.25) is 9.59 Å². The minimum Gasteiger partial charge on any atom is -0.340 e. The van der Waals surface area contributed by atoms with Crippen LogP contribution in [0.3, 0.4) is 0 Å². The Kier molecular flexibility index (Phi) is 3.31. The van der Waals surface area contributed by atoms with Gasteiger partial charge in [0.1, 0.15) is 5.82 Å². The fourth-order valence-electron chi connectivity index (χ4n) is 2.68. The lowest BCUT2D eigenvalue weighted by Gasteiger charge is -2.12. The maximum absolute atomic E-state index is 12.5. The largest absolute Gasteiger partial charge is 0.366 e. The third-order valence-electron chi connectivity index (χ3n) is 3.93. The highest BCUT2D eigenvalue weighted by Crippen LogP contribution is 2.24. The lowest BCUT2D eigenvalue weighted by molar-refractivity contribution is -0.0583. The van der Waals surface area contributed by atoms with E-state index in [4.69, 9.17) is 4.84 Å². The van der Waals surface area contributed by atoms with E-state index in [-0.39, 0.29) is 16.7 Å². The fourth-order valence-corrected chi connectivity index (χ4v) is 2.68. The maximum atomic E-state index is 12.5. The Balaban J connectivity index is 1.67. The second-order valence-electron chi connectivity index (χ2n) is 5.42. The first-order chi connectivity index (χ1) is 12.1. The predicted molar refractivity (Wildman–Crippen MR) is 85.6 cm³/mol. The quantitative estimate of drug-likeness (QED) is 0.732. The van der Waals surface area contributed by atoms with E-state index in [1.54, 1.807) is 12.1 Å². The van der Waals surface area contributed by atoms with Gasteiger partial charge in [0.05, 0.1) is 22.2 Å². The number of carbonyl (C=O) groups excluding carboxylic acids is 3. The first-order valence-electron chi connectivity index (χ1n) is 7.64. The van der Waals surface area contributed by atoms with Crippen molar-refractivity contribution in [1.82, 2.24) is 20.0 Å². The van der Waals surface area contributed by atoms with E-state index in [1.807, 2.05) is 6.92 Å². The molecule has 3 heterocycles. The number of H-pyrrole nitrogens is 1. The summed E-state index contributed by atoms with van der Waals surface area (Å²) in [6, 6.07) is 7.74. The number of imide groups is 1. The van der Waals surface area contributed by atoms with E-state index in [0.29, 0.717) is 28.5 Å². The summed E-state index contributed by atoms with van der Waals surface area (Å²) in [7, 11) is 0. The first-order valence-corrected chi connectivity index (χ1v) is 7.64. The van der Waals surface area contributed by atoms with Gasteiger partial charge in [0.15, 0.2) is 5.65 Å². The number of amides is 2. The number of pyridine rings is 1. The summed E-state index contributed by atoms with van der Waals surface area (Å²) in [5, 5.41) is 0.483. The lowest BCUT2D eigenvalue weighted by atomic mass is 10.1. The Labute approximate surface area is 141 Å². The molecule has 25 heavy (non-hydrogen) atoms. The third kappa shape index (κ3) is 2.26. The van der Waals surface area contributed by atoms with Gasteiger partial charge >= 0.3 is 5.97 Å². The molecule has 8 heteroatoms. The van der Waals surface area contributed by atoms with Gasteiger partial charge in [-0.1, -0.05) is 24.1 Å². The van der Waals surface area contributed by atoms with Gasteiger partial charge in [0, 0.05) is 12.6 Å². The molecule has 0 fully saturated rings. The van der Waals surface area contributed by atoms with E-state index in [9.17, 15) is 14.4 Å². The topological polar surface area (TPSA) is 105 Å². The molecule has 8 nitrogen and oxygen atoms in total. The molecule has 0 spiro atoms. The van der Waals surface area contributed by atoms with Crippen molar-refractivity contribution in [3.8, 4) is 0 Å². The molecule has 1 N–H and O–H groups in total. The minimum absolute atomic E-state index is 0.147. The SMILES string of the molecule is CCc1nc2nccc(C(=O)ON3C(=O)c4ccccc4C3=O)c2[nH]1. The van der Waals surface area contributed by atoms with Crippen molar-refractivity contribution in [2.45, 2.75) is 13.3 Å². The standard InChI is InChI=1S/C17H12N4O4/c1-2-12-19-13-11(7-8-18-14(13)20-12)17(24)25-21-15(22)9-5-3-4-6-10(9)16(21)23/h3-8H,2H2,1H3,(H,18,19,20). The number of rotatable bonds is 3. The molecule has 124 valence electrons. The average Bonchev–Trinajstić information content (AvgIpc) is 3.16. The van der Waals surface area contributed by atoms with Gasteiger partial charge < -0.3 is 9.82 Å². The average molecular weight is 336 g/mol. The Morgan fingerprint density at radius 1 is 1.16 bits per heavy atom. The summed E-state index contributed by atoms with van der Waals surface area (Å²) in [6.07, 6.45) is 2.06. The van der Waals surface area contributed by atoms with Crippen LogP contribution in [-0.2, 0) is 11.3 Å². The molecule has 1 aromatic carbocycles. The molecule has 1 aliphatic heterocycles. The van der Waals surface area contributed by atoms with Crippen molar-refractivity contribution in [2.75, 3.05) is 0 Å². The van der Waals surface area contributed by atoms with Gasteiger partial charge in [0.25, 0.3) is 11.8 Å². The molecule has 0 saturated heterocycles. The molecule has 1 aliphatic rings. The second-order valence-corrected chi connectivity index (χ2v) is 5.42. The van der Waals surface area contributed by atoms with Crippen molar-refractivity contribution in [3.63, 3.8) is 0 Å². The number of aromatic amines is 1. The summed E-state index contributed by atoms with van der Waals surface area (Å²) < 4.78 is 0. The number of hydrogen-bond acceptors (Lipinski definition) is 6. The van der Waals surface area contributed by atoms with Crippen molar-refractivity contribution >= 4 is 28.9 Å². The first kappa shape index (κ1) is 15.0. The van der Waals surface area contributed by atoms with Crippen LogP contribution in [0, 0.1) is 0 Å². The number of imidazole rings is 1. The molecule has 3 aromatic rings. The van der Waals surface area contributed by atoms with Crippen LogP contribution >= 0.6 is 0 Å². The van der Waals surface area contributed by atoms with E-state index < -0.39 is 17.8 Å². The van der Waals surface area contributed by atoms with Crippen molar-refractivity contribution in [3.05, 3.63) is 59.0 Å². The van der Waals surface area contributed by atoms with Gasteiger partial charge in [0.2, 0.25) is 0 Å². The second kappa shape index (κ2) is 5.52. The lowest BCUT2D eigenvalue weighted by Crippen LogP contribution is -2.32. The van der Waals surface area contributed by atoms with Gasteiger partial charge in [-0.25, -0.2) is 14.8 Å². The van der Waals surface area contributed by atoms with E-state index in [2.05, 4.69) is 15.0 Å². The zero-order chi connectivity index (χ0) is 17.6. The third-order valence-corrected chi connectivity index (χ3v) is 3.93. The highest BCUT2D eigenvalue weighted by Gasteiger charge is 2.39. The summed E-state index contributed by atoms with van der Waals surface area (Å²) >= 11 is 0. The van der Waals surface area contributed by atoms with Crippen LogP contribution in [0.5, 0.6) is 0 Å². The number of aryl methyl sites for hydroxylation is 1. The number of fused-ring (bicyclic) bond motifs is 2. The number of benzene rings is 1. The summed E-state index contributed by atoms with van der Waals surface area (Å²) in [5.74, 6) is -1.51. The molecule has 2 amide bonds. The number of hydrogen-bond donors (Lipinski definition) is 1. The Morgan fingerprint density at radius 3 is 2.48 bits per heavy atom. The Hall–Kier alpha value is -3.55. The van der Waals surface area contributed by atoms with Crippen molar-refractivity contribution < 1.29 is 19.2 Å². The van der Waals surface area contributed by atoms with Gasteiger partial charge in [-0.2, -0.15) is 0 Å². The normalized spacial score (nSPS) is 13.4. The van der Waals surface area contributed by atoms with E-state index in [0.717, 1.165) is 0 Å². The zero-order valence-corrected chi connectivity index (χ0v) is 13.1. The fraction of sp³-hybridized carbons (Fsp3) is 0.118. The molecule has 0 radical (unpaired) electrons. The van der Waals surface area contributed by atoms with Crippen LogP contribution in [0.1, 0.15) is 43.8 Å². The smallest absolute Gasteiger partial charge is 0.340 e. The van der Waals surface area contributed by atoms with Crippen LogP contribution in [0.4, 0.5) is 0 Å². The molecule has 4 rings (SSSR count). The predicted octanol–water partition coefficient (Wildman–Crippen LogP) is 1.89. The molecular formula is C17H12N4O4. The molecule has 0 aliphatic carbocycles. The Bertz CT molecular complexity index is 1010. The van der Waals surface area contributed by atoms with Crippen molar-refractivity contribution in [2.24, 2.45) is 0 Å². The number of aromatic nitrogens is 3. The van der Waals surface area contributed by atoms with Crippen LogP contribution < -0.4 is 0 Å². The molecule has 0 unspecified atom stereocenters. The van der Waals surface area contributed by atoms with Crippen LogP contribution in [0.2, 0.25) is 0 Å². The number of nitrogens with one attached hydrogen (secondary N) is 1. The molecular weight excluding hydrogens is 324 g/mol. The van der Waals surface area contributed by atoms with Crippen LogP contribution in [0.15, 0.2) is 36.5 Å². The maximum Gasteiger partial charge on any atom is 0.366 e. The number of nitrogens with zero attached hydrogens (tertiary/aromatic N) is 3. The van der Waals surface area contributed by atoms with E-state index in [1.165, 1.54) is 24.4 Å². The zero-order valence-electron chi connectivity index (χ0n) is 13.1. The highest BCUT2D eigenvalue weighted by atomic mass is 16.7. The molecule has 0 bridgehead atoms. The van der Waals surface area contributed by atoms with Crippen LogP contribution in [-0.4, -0.2) is 37.8 Å². The molecule has 2 aromatic heterocycles. The summed E-state index contributed by atoms with van der Waals surface area (Å²) in [4.78, 5) is 53.5. The van der Waals surface area contributed by atoms with Crippen molar-refractivity contribution in [1.29, 1.82) is 0 Å². The highest BCUT2D eigenvalue weighted by molar-refractivity contribution is 6.21. The molecule has 0 saturated carbocycles. The summed E-state index contributed by atoms with van der Waals surface area (Å²) in [6.45, 7) is 1.91. The Morgan fingerprint density at radius 2 is 1.84 bits per heavy atom. The minimum atomic E-state index is -0.840. The van der Waals surface area contributed by atoms with Gasteiger partial charge in [-0.15, -0.1) is 0 Å².